The molecule has 1 aromatic heterocycles. The van der Waals surface area contributed by atoms with Crippen LogP contribution in [-0.2, 0) is 6.54 Å². The standard InChI is InChI=1S/C16H14ClN3/c17-15-9-5-4-8-14(15)16-12(10-18)11-20(19-16)13-6-2-1-3-7-13/h1-9,11H,10,18H2. The van der Waals surface area contributed by atoms with Gasteiger partial charge in [0, 0.05) is 23.9 Å². The number of para-hydroxylation sites is 1. The second kappa shape index (κ2) is 5.49. The molecular weight excluding hydrogens is 270 g/mol. The molecule has 0 atom stereocenters. The van der Waals surface area contributed by atoms with Crippen LogP contribution in [0.4, 0.5) is 0 Å². The van der Waals surface area contributed by atoms with Crippen molar-refractivity contribution in [1.29, 1.82) is 0 Å². The van der Waals surface area contributed by atoms with E-state index in [1.54, 1.807) is 0 Å². The van der Waals surface area contributed by atoms with Crippen LogP contribution in [0.2, 0.25) is 5.02 Å². The number of hydrogen-bond donors (Lipinski definition) is 1. The lowest BCUT2D eigenvalue weighted by atomic mass is 10.1. The van der Waals surface area contributed by atoms with E-state index in [2.05, 4.69) is 5.10 Å². The highest BCUT2D eigenvalue weighted by Crippen LogP contribution is 2.29. The summed E-state index contributed by atoms with van der Waals surface area (Å²) in [5.74, 6) is 0. The third kappa shape index (κ3) is 2.33. The Morgan fingerprint density at radius 3 is 2.40 bits per heavy atom. The summed E-state index contributed by atoms with van der Waals surface area (Å²) < 4.78 is 1.83. The van der Waals surface area contributed by atoms with Crippen molar-refractivity contribution in [2.75, 3.05) is 0 Å². The molecule has 0 saturated carbocycles. The smallest absolute Gasteiger partial charge is 0.0987 e. The highest BCUT2D eigenvalue weighted by molar-refractivity contribution is 6.33. The fraction of sp³-hybridized carbons (Fsp3) is 0.0625. The topological polar surface area (TPSA) is 43.8 Å². The first-order valence-electron chi connectivity index (χ1n) is 6.38. The van der Waals surface area contributed by atoms with Crippen molar-refractivity contribution in [1.82, 2.24) is 9.78 Å². The molecule has 0 aliphatic rings. The quantitative estimate of drug-likeness (QED) is 0.797. The Morgan fingerprint density at radius 2 is 1.70 bits per heavy atom. The molecule has 20 heavy (non-hydrogen) atoms. The van der Waals surface area contributed by atoms with Crippen LogP contribution < -0.4 is 5.73 Å². The molecule has 0 bridgehead atoms. The Balaban J connectivity index is 2.13. The maximum atomic E-state index is 6.25. The van der Waals surface area contributed by atoms with Crippen molar-refractivity contribution in [2.24, 2.45) is 5.73 Å². The van der Waals surface area contributed by atoms with Gasteiger partial charge in [0.1, 0.15) is 0 Å². The molecule has 3 nitrogen and oxygen atoms in total. The first kappa shape index (κ1) is 12.9. The minimum absolute atomic E-state index is 0.424. The van der Waals surface area contributed by atoms with Gasteiger partial charge in [0.15, 0.2) is 0 Å². The van der Waals surface area contributed by atoms with Gasteiger partial charge in [-0.05, 0) is 18.2 Å². The van der Waals surface area contributed by atoms with Crippen molar-refractivity contribution in [2.45, 2.75) is 6.54 Å². The second-order valence-electron chi connectivity index (χ2n) is 4.47. The minimum Gasteiger partial charge on any atom is -0.326 e. The van der Waals surface area contributed by atoms with Crippen molar-refractivity contribution >= 4 is 11.6 Å². The number of aromatic nitrogens is 2. The van der Waals surface area contributed by atoms with Gasteiger partial charge in [-0.1, -0.05) is 48.0 Å². The zero-order valence-electron chi connectivity index (χ0n) is 10.8. The van der Waals surface area contributed by atoms with Gasteiger partial charge < -0.3 is 5.73 Å². The van der Waals surface area contributed by atoms with E-state index in [-0.39, 0.29) is 0 Å². The van der Waals surface area contributed by atoms with Gasteiger partial charge in [-0.25, -0.2) is 4.68 Å². The molecule has 2 N–H and O–H groups in total. The average molecular weight is 284 g/mol. The Morgan fingerprint density at radius 1 is 1.00 bits per heavy atom. The van der Waals surface area contributed by atoms with Crippen molar-refractivity contribution in [3.05, 3.63) is 71.4 Å². The van der Waals surface area contributed by atoms with Crippen LogP contribution in [-0.4, -0.2) is 9.78 Å². The molecule has 0 aliphatic heterocycles. The maximum Gasteiger partial charge on any atom is 0.0987 e. The van der Waals surface area contributed by atoms with E-state index in [0.717, 1.165) is 22.5 Å². The van der Waals surface area contributed by atoms with Gasteiger partial charge in [-0.3, -0.25) is 0 Å². The summed E-state index contributed by atoms with van der Waals surface area (Å²) >= 11 is 6.25. The van der Waals surface area contributed by atoms with Crippen molar-refractivity contribution in [3.63, 3.8) is 0 Å². The molecule has 0 fully saturated rings. The summed E-state index contributed by atoms with van der Waals surface area (Å²) in [5.41, 5.74) is 9.55. The molecule has 0 saturated heterocycles. The van der Waals surface area contributed by atoms with Crippen LogP contribution in [0.25, 0.3) is 16.9 Å². The predicted molar refractivity (Wildman–Crippen MR) is 81.9 cm³/mol. The summed E-state index contributed by atoms with van der Waals surface area (Å²) in [7, 11) is 0. The molecular formula is C16H14ClN3. The molecule has 3 rings (SSSR count). The van der Waals surface area contributed by atoms with Gasteiger partial charge in [-0.2, -0.15) is 5.10 Å². The third-order valence-electron chi connectivity index (χ3n) is 3.16. The van der Waals surface area contributed by atoms with Gasteiger partial charge in [0.05, 0.1) is 16.4 Å². The predicted octanol–water partition coefficient (Wildman–Crippen LogP) is 3.65. The SMILES string of the molecule is NCc1cn(-c2ccccc2)nc1-c1ccccc1Cl. The molecule has 0 aliphatic carbocycles. The van der Waals surface area contributed by atoms with Crippen molar-refractivity contribution in [3.8, 4) is 16.9 Å². The Labute approximate surface area is 122 Å². The van der Waals surface area contributed by atoms with Gasteiger partial charge in [-0.15, -0.1) is 0 Å². The molecule has 100 valence electrons. The summed E-state index contributed by atoms with van der Waals surface area (Å²) in [6, 6.07) is 17.6. The summed E-state index contributed by atoms with van der Waals surface area (Å²) in [6.07, 6.45) is 1.95. The number of hydrogen-bond acceptors (Lipinski definition) is 2. The van der Waals surface area contributed by atoms with E-state index < -0.39 is 0 Å². The number of benzene rings is 2. The molecule has 1 heterocycles. The molecule has 0 radical (unpaired) electrons. The number of nitrogens with two attached hydrogens (primary N) is 1. The average Bonchev–Trinajstić information content (AvgIpc) is 2.93. The largest absolute Gasteiger partial charge is 0.326 e. The second-order valence-corrected chi connectivity index (χ2v) is 4.87. The van der Waals surface area contributed by atoms with E-state index in [4.69, 9.17) is 17.3 Å². The molecule has 3 aromatic rings. The van der Waals surface area contributed by atoms with Crippen LogP contribution in [0.3, 0.4) is 0 Å². The number of nitrogens with zero attached hydrogens (tertiary/aromatic N) is 2. The van der Waals surface area contributed by atoms with Crippen LogP contribution in [0, 0.1) is 0 Å². The normalized spacial score (nSPS) is 10.7. The Bertz CT molecular complexity index is 720. The van der Waals surface area contributed by atoms with Crippen LogP contribution in [0.15, 0.2) is 60.8 Å². The highest BCUT2D eigenvalue weighted by Gasteiger charge is 2.13. The van der Waals surface area contributed by atoms with Crippen LogP contribution >= 0.6 is 11.6 Å². The van der Waals surface area contributed by atoms with Crippen LogP contribution in [0.5, 0.6) is 0 Å². The number of rotatable bonds is 3. The zero-order valence-corrected chi connectivity index (χ0v) is 11.6. The lowest BCUT2D eigenvalue weighted by molar-refractivity contribution is 0.883. The molecule has 2 aromatic carbocycles. The van der Waals surface area contributed by atoms with E-state index in [0.29, 0.717) is 11.6 Å². The molecule has 4 heteroatoms. The number of halogens is 1. The van der Waals surface area contributed by atoms with E-state index in [1.807, 2.05) is 65.5 Å². The minimum atomic E-state index is 0.424. The van der Waals surface area contributed by atoms with Gasteiger partial charge >= 0.3 is 0 Å². The first-order chi connectivity index (χ1) is 9.79. The van der Waals surface area contributed by atoms with E-state index in [1.165, 1.54) is 0 Å². The first-order valence-corrected chi connectivity index (χ1v) is 6.76. The van der Waals surface area contributed by atoms with Gasteiger partial charge in [0.2, 0.25) is 0 Å². The monoisotopic (exact) mass is 283 g/mol. The Kier molecular flexibility index (Phi) is 3.54. The van der Waals surface area contributed by atoms with Gasteiger partial charge in [0.25, 0.3) is 0 Å². The lowest BCUT2D eigenvalue weighted by Gasteiger charge is -2.02. The lowest BCUT2D eigenvalue weighted by Crippen LogP contribution is -1.96. The third-order valence-corrected chi connectivity index (χ3v) is 3.49. The molecule has 0 spiro atoms. The van der Waals surface area contributed by atoms with Crippen LogP contribution in [0.1, 0.15) is 5.56 Å². The van der Waals surface area contributed by atoms with E-state index in [9.17, 15) is 0 Å². The molecule has 0 amide bonds. The summed E-state index contributed by atoms with van der Waals surface area (Å²) in [4.78, 5) is 0. The summed E-state index contributed by atoms with van der Waals surface area (Å²) in [5, 5.41) is 5.32. The fourth-order valence-corrected chi connectivity index (χ4v) is 2.38. The fourth-order valence-electron chi connectivity index (χ4n) is 2.15. The summed E-state index contributed by atoms with van der Waals surface area (Å²) in [6.45, 7) is 0.424. The van der Waals surface area contributed by atoms with E-state index >= 15 is 0 Å². The zero-order chi connectivity index (χ0) is 13.9. The Hall–Kier alpha value is -2.10. The molecule has 0 unspecified atom stereocenters. The van der Waals surface area contributed by atoms with Crippen molar-refractivity contribution < 1.29 is 0 Å². The highest BCUT2D eigenvalue weighted by atomic mass is 35.5. The maximum absolute atomic E-state index is 6.25.